The Morgan fingerprint density at radius 1 is 1.29 bits per heavy atom. The molecule has 0 saturated carbocycles. The highest BCUT2D eigenvalue weighted by atomic mass is 35.5. The standard InChI is InChI=1S/C16H18ClN3O2S2/c1-9(2)14-15(20-8-11(4)23-16(20)18-14)24(21,22)19-13-7-12(17)6-5-10(13)3/h5-9,19H,1-4H3. The SMILES string of the molecule is Cc1cn2c(S(=O)(=O)Nc3cc(Cl)ccc3C)c(C(C)C)nc2s1. The average molecular weight is 384 g/mol. The number of nitrogens with zero attached hydrogens (tertiary/aromatic N) is 2. The van der Waals surface area contributed by atoms with Gasteiger partial charge in [0.05, 0.1) is 11.4 Å². The van der Waals surface area contributed by atoms with E-state index in [-0.39, 0.29) is 10.9 Å². The lowest BCUT2D eigenvalue weighted by molar-refractivity contribution is 0.593. The molecule has 0 unspecified atom stereocenters. The van der Waals surface area contributed by atoms with Gasteiger partial charge in [0, 0.05) is 16.1 Å². The van der Waals surface area contributed by atoms with Gasteiger partial charge in [-0.05, 0) is 37.5 Å². The topological polar surface area (TPSA) is 63.5 Å². The van der Waals surface area contributed by atoms with E-state index >= 15 is 0 Å². The highest BCUT2D eigenvalue weighted by molar-refractivity contribution is 7.92. The van der Waals surface area contributed by atoms with Crippen molar-refractivity contribution in [1.82, 2.24) is 9.38 Å². The van der Waals surface area contributed by atoms with Crippen molar-refractivity contribution < 1.29 is 8.42 Å². The summed E-state index contributed by atoms with van der Waals surface area (Å²) >= 11 is 7.47. The van der Waals surface area contributed by atoms with Crippen molar-refractivity contribution in [1.29, 1.82) is 0 Å². The normalized spacial score (nSPS) is 12.2. The molecule has 2 heterocycles. The molecule has 0 aliphatic heterocycles. The zero-order valence-corrected chi connectivity index (χ0v) is 16.2. The Bertz CT molecular complexity index is 1020. The molecule has 3 aromatic rings. The molecule has 0 aliphatic carbocycles. The van der Waals surface area contributed by atoms with Gasteiger partial charge in [-0.25, -0.2) is 4.98 Å². The zero-order valence-electron chi connectivity index (χ0n) is 13.8. The van der Waals surface area contributed by atoms with Crippen LogP contribution in [-0.2, 0) is 10.0 Å². The summed E-state index contributed by atoms with van der Waals surface area (Å²) in [5.41, 5.74) is 1.84. The maximum atomic E-state index is 13.1. The van der Waals surface area contributed by atoms with Crippen LogP contribution >= 0.6 is 22.9 Å². The number of sulfonamides is 1. The van der Waals surface area contributed by atoms with Crippen LogP contribution in [-0.4, -0.2) is 17.8 Å². The first kappa shape index (κ1) is 17.3. The maximum absolute atomic E-state index is 13.1. The van der Waals surface area contributed by atoms with Crippen LogP contribution in [0.1, 0.15) is 35.9 Å². The molecule has 0 atom stereocenters. The summed E-state index contributed by atoms with van der Waals surface area (Å²) in [4.78, 5) is 6.20. The number of thiazole rings is 1. The van der Waals surface area contributed by atoms with Gasteiger partial charge >= 0.3 is 0 Å². The van der Waals surface area contributed by atoms with Crippen LogP contribution in [0, 0.1) is 13.8 Å². The molecule has 0 spiro atoms. The summed E-state index contributed by atoms with van der Waals surface area (Å²) in [6.07, 6.45) is 1.80. The predicted molar refractivity (Wildman–Crippen MR) is 98.9 cm³/mol. The van der Waals surface area contributed by atoms with E-state index < -0.39 is 10.0 Å². The first-order valence-corrected chi connectivity index (χ1v) is 10.1. The van der Waals surface area contributed by atoms with Crippen LogP contribution in [0.5, 0.6) is 0 Å². The molecule has 24 heavy (non-hydrogen) atoms. The summed E-state index contributed by atoms with van der Waals surface area (Å²) in [6, 6.07) is 5.12. The van der Waals surface area contributed by atoms with E-state index in [4.69, 9.17) is 11.6 Å². The third-order valence-corrected chi connectivity index (χ3v) is 6.21. The van der Waals surface area contributed by atoms with Gasteiger partial charge < -0.3 is 0 Å². The first-order chi connectivity index (χ1) is 11.2. The van der Waals surface area contributed by atoms with Crippen LogP contribution in [0.2, 0.25) is 5.02 Å². The molecule has 0 radical (unpaired) electrons. The molecular formula is C16H18ClN3O2S2. The number of rotatable bonds is 4. The van der Waals surface area contributed by atoms with Gasteiger partial charge in [0.15, 0.2) is 9.99 Å². The number of nitrogens with one attached hydrogen (secondary N) is 1. The molecular weight excluding hydrogens is 366 g/mol. The third kappa shape index (κ3) is 3.03. The molecule has 1 N–H and O–H groups in total. The van der Waals surface area contributed by atoms with Crippen LogP contribution in [0.25, 0.3) is 4.96 Å². The number of aromatic nitrogens is 2. The number of hydrogen-bond donors (Lipinski definition) is 1. The minimum atomic E-state index is -3.80. The minimum absolute atomic E-state index is 0.00978. The van der Waals surface area contributed by atoms with Gasteiger partial charge in [0.25, 0.3) is 10.0 Å². The quantitative estimate of drug-likeness (QED) is 0.716. The molecule has 8 heteroatoms. The van der Waals surface area contributed by atoms with Gasteiger partial charge in [-0.2, -0.15) is 8.42 Å². The van der Waals surface area contributed by atoms with Crippen molar-refractivity contribution in [2.45, 2.75) is 38.6 Å². The Morgan fingerprint density at radius 3 is 2.67 bits per heavy atom. The fourth-order valence-electron chi connectivity index (χ4n) is 2.49. The molecule has 2 aromatic heterocycles. The summed E-state index contributed by atoms with van der Waals surface area (Å²) in [7, 11) is -3.80. The molecule has 1 aromatic carbocycles. The number of imidazole rings is 1. The van der Waals surface area contributed by atoms with Crippen LogP contribution in [0.15, 0.2) is 29.4 Å². The van der Waals surface area contributed by atoms with Gasteiger partial charge in [-0.3, -0.25) is 9.12 Å². The molecule has 3 rings (SSSR count). The smallest absolute Gasteiger partial charge is 0.279 e. The predicted octanol–water partition coefficient (Wildman–Crippen LogP) is 4.59. The van der Waals surface area contributed by atoms with E-state index in [1.807, 2.05) is 27.7 Å². The molecule has 128 valence electrons. The Morgan fingerprint density at radius 2 is 2.00 bits per heavy atom. The van der Waals surface area contributed by atoms with Crippen molar-refractivity contribution in [3.8, 4) is 0 Å². The Kier molecular flexibility index (Phi) is 4.36. The second kappa shape index (κ2) is 6.06. The van der Waals surface area contributed by atoms with E-state index in [1.165, 1.54) is 11.3 Å². The largest absolute Gasteiger partial charge is 0.279 e. The Balaban J connectivity index is 2.17. The summed E-state index contributed by atoms with van der Waals surface area (Å²) in [6.45, 7) is 7.63. The summed E-state index contributed by atoms with van der Waals surface area (Å²) < 4.78 is 30.4. The van der Waals surface area contributed by atoms with Crippen LogP contribution < -0.4 is 4.72 Å². The fraction of sp³-hybridized carbons (Fsp3) is 0.312. The van der Waals surface area contributed by atoms with E-state index in [1.54, 1.807) is 28.8 Å². The lowest BCUT2D eigenvalue weighted by Gasteiger charge is -2.12. The number of fused-ring (bicyclic) bond motifs is 1. The Hall–Kier alpha value is -1.57. The van der Waals surface area contributed by atoms with Crippen molar-refractivity contribution in [3.05, 3.63) is 45.6 Å². The second-order valence-corrected chi connectivity index (χ2v) is 9.26. The van der Waals surface area contributed by atoms with Gasteiger partial charge in [-0.1, -0.05) is 31.5 Å². The highest BCUT2D eigenvalue weighted by Crippen LogP contribution is 2.31. The van der Waals surface area contributed by atoms with Crippen molar-refractivity contribution >= 4 is 43.6 Å². The van der Waals surface area contributed by atoms with E-state index in [2.05, 4.69) is 9.71 Å². The molecule has 0 saturated heterocycles. The molecule has 5 nitrogen and oxygen atoms in total. The number of halogens is 1. The zero-order chi connectivity index (χ0) is 17.6. The number of aryl methyl sites for hydroxylation is 2. The van der Waals surface area contributed by atoms with Crippen LogP contribution in [0.3, 0.4) is 0 Å². The minimum Gasteiger partial charge on any atom is -0.279 e. The van der Waals surface area contributed by atoms with Crippen LogP contribution in [0.4, 0.5) is 5.69 Å². The van der Waals surface area contributed by atoms with E-state index in [0.717, 1.165) is 10.4 Å². The van der Waals surface area contributed by atoms with Crippen molar-refractivity contribution in [3.63, 3.8) is 0 Å². The van der Waals surface area contributed by atoms with Crippen molar-refractivity contribution in [2.24, 2.45) is 0 Å². The van der Waals surface area contributed by atoms with Gasteiger partial charge in [-0.15, -0.1) is 11.3 Å². The highest BCUT2D eigenvalue weighted by Gasteiger charge is 2.28. The van der Waals surface area contributed by atoms with E-state index in [0.29, 0.717) is 21.4 Å². The monoisotopic (exact) mass is 383 g/mol. The average Bonchev–Trinajstić information content (AvgIpc) is 2.98. The van der Waals surface area contributed by atoms with Gasteiger partial charge in [0.1, 0.15) is 0 Å². The maximum Gasteiger partial charge on any atom is 0.279 e. The molecule has 0 aliphatic rings. The molecule has 0 amide bonds. The molecule has 0 fully saturated rings. The second-order valence-electron chi connectivity index (χ2n) is 6.02. The van der Waals surface area contributed by atoms with Gasteiger partial charge in [0.2, 0.25) is 0 Å². The lowest BCUT2D eigenvalue weighted by atomic mass is 10.2. The van der Waals surface area contributed by atoms with E-state index in [9.17, 15) is 8.42 Å². The third-order valence-electron chi connectivity index (χ3n) is 3.67. The Labute approximate surface area is 150 Å². The molecule has 0 bridgehead atoms. The summed E-state index contributed by atoms with van der Waals surface area (Å²) in [5.74, 6) is -0.00978. The first-order valence-electron chi connectivity index (χ1n) is 7.46. The fourth-order valence-corrected chi connectivity index (χ4v) is 5.12. The number of hydrogen-bond acceptors (Lipinski definition) is 4. The number of anilines is 1. The van der Waals surface area contributed by atoms with Crippen molar-refractivity contribution in [2.75, 3.05) is 4.72 Å². The number of benzene rings is 1. The lowest BCUT2D eigenvalue weighted by Crippen LogP contribution is -2.17. The summed E-state index contributed by atoms with van der Waals surface area (Å²) in [5, 5.41) is 0.670.